The molecular weight excluding hydrogens is 502 g/mol. The number of carbonyl (C=O) groups is 2. The first-order chi connectivity index (χ1) is 18.4. The maximum absolute atomic E-state index is 13.1. The van der Waals surface area contributed by atoms with Gasteiger partial charge in [0.2, 0.25) is 5.88 Å². The second-order valence-corrected chi connectivity index (χ2v) is 10.3. The normalized spacial score (nSPS) is 13.4. The van der Waals surface area contributed by atoms with E-state index >= 15 is 0 Å². The van der Waals surface area contributed by atoms with Gasteiger partial charge in [0, 0.05) is 18.5 Å². The number of pyridine rings is 2. The summed E-state index contributed by atoms with van der Waals surface area (Å²) in [4.78, 5) is 29.5. The van der Waals surface area contributed by atoms with Gasteiger partial charge in [-0.1, -0.05) is 6.92 Å². The van der Waals surface area contributed by atoms with Gasteiger partial charge < -0.3 is 25.6 Å². The quantitative estimate of drug-likeness (QED) is 0.249. The van der Waals surface area contributed by atoms with Gasteiger partial charge in [-0.3, -0.25) is 14.3 Å². The topological polar surface area (TPSA) is 159 Å². The van der Waals surface area contributed by atoms with E-state index in [4.69, 9.17) is 15.2 Å². The summed E-state index contributed by atoms with van der Waals surface area (Å²) in [6.45, 7) is 7.34. The van der Waals surface area contributed by atoms with E-state index in [0.29, 0.717) is 40.7 Å². The second kappa shape index (κ2) is 11.3. The van der Waals surface area contributed by atoms with E-state index in [1.165, 1.54) is 6.20 Å². The fraction of sp³-hybridized carbons (Fsp3) is 0.444. The average Bonchev–Trinajstić information content (AvgIpc) is 3.47. The molecule has 0 aliphatic heterocycles. The second-order valence-electron chi connectivity index (χ2n) is 10.3. The number of aromatic nitrogens is 5. The SMILES string of the molecule is CC[C@@H](CC[C@H](C)Oc1nc2c(cnn2C)cc1C(N)=O)NC(=O)c1cnn2cc(OCC(C)(C)O)ccc12. The van der Waals surface area contributed by atoms with Crippen LogP contribution in [0.15, 0.2) is 36.8 Å². The Bertz CT molecular complexity index is 1490. The first kappa shape index (κ1) is 27.8. The first-order valence-electron chi connectivity index (χ1n) is 12.9. The largest absolute Gasteiger partial charge is 0.489 e. The van der Waals surface area contributed by atoms with Crippen molar-refractivity contribution in [2.75, 3.05) is 6.61 Å². The van der Waals surface area contributed by atoms with Gasteiger partial charge in [-0.25, -0.2) is 4.52 Å². The lowest BCUT2D eigenvalue weighted by Gasteiger charge is -2.20. The monoisotopic (exact) mass is 537 g/mol. The Balaban J connectivity index is 1.38. The van der Waals surface area contributed by atoms with Gasteiger partial charge in [0.15, 0.2) is 5.65 Å². The van der Waals surface area contributed by atoms with Crippen LogP contribution in [-0.2, 0) is 7.05 Å². The van der Waals surface area contributed by atoms with E-state index < -0.39 is 11.5 Å². The number of aliphatic hydroxyl groups is 1. The number of rotatable bonds is 12. The molecular formula is C27H35N7O5. The number of carbonyl (C=O) groups excluding carboxylic acids is 2. The molecule has 0 bridgehead atoms. The number of fused-ring (bicyclic) bond motifs is 2. The summed E-state index contributed by atoms with van der Waals surface area (Å²) in [7, 11) is 1.76. The predicted molar refractivity (Wildman–Crippen MR) is 145 cm³/mol. The van der Waals surface area contributed by atoms with Crippen molar-refractivity contribution in [2.24, 2.45) is 12.8 Å². The highest BCUT2D eigenvalue weighted by molar-refractivity contribution is 6.00. The van der Waals surface area contributed by atoms with Crippen LogP contribution in [0.1, 0.15) is 67.7 Å². The highest BCUT2D eigenvalue weighted by atomic mass is 16.5. The molecule has 0 aromatic carbocycles. The van der Waals surface area contributed by atoms with Crippen molar-refractivity contribution >= 4 is 28.4 Å². The smallest absolute Gasteiger partial charge is 0.255 e. The van der Waals surface area contributed by atoms with Crippen molar-refractivity contribution in [1.29, 1.82) is 0 Å². The summed E-state index contributed by atoms with van der Waals surface area (Å²) in [5, 5.41) is 22.1. The minimum absolute atomic E-state index is 0.101. The van der Waals surface area contributed by atoms with Gasteiger partial charge in [0.05, 0.1) is 41.4 Å². The van der Waals surface area contributed by atoms with Gasteiger partial charge in [0.25, 0.3) is 11.8 Å². The molecule has 0 aliphatic carbocycles. The molecule has 0 saturated heterocycles. The molecule has 4 heterocycles. The van der Waals surface area contributed by atoms with E-state index in [1.54, 1.807) is 60.7 Å². The van der Waals surface area contributed by atoms with Crippen LogP contribution in [-0.4, -0.2) is 65.7 Å². The number of nitrogens with two attached hydrogens (primary N) is 1. The molecule has 2 amide bonds. The number of amides is 2. The lowest BCUT2D eigenvalue weighted by molar-refractivity contribution is 0.0283. The summed E-state index contributed by atoms with van der Waals surface area (Å²) in [5.74, 6) is -0.148. The average molecular weight is 538 g/mol. The molecule has 39 heavy (non-hydrogen) atoms. The molecule has 0 spiro atoms. The molecule has 0 unspecified atom stereocenters. The Kier molecular flexibility index (Phi) is 8.05. The number of nitrogens with zero attached hydrogens (tertiary/aromatic N) is 5. The Morgan fingerprint density at radius 3 is 2.64 bits per heavy atom. The van der Waals surface area contributed by atoms with Crippen LogP contribution in [0, 0.1) is 0 Å². The molecule has 4 rings (SSSR count). The maximum atomic E-state index is 13.1. The van der Waals surface area contributed by atoms with Gasteiger partial charge in [-0.05, 0) is 58.2 Å². The van der Waals surface area contributed by atoms with Crippen molar-refractivity contribution < 1.29 is 24.2 Å². The molecule has 0 fully saturated rings. The molecule has 12 heteroatoms. The van der Waals surface area contributed by atoms with E-state index in [1.807, 2.05) is 13.8 Å². The number of aryl methyl sites for hydroxylation is 1. The summed E-state index contributed by atoms with van der Waals surface area (Å²) in [5.41, 5.74) is 6.47. The van der Waals surface area contributed by atoms with Gasteiger partial charge in [0.1, 0.15) is 17.9 Å². The standard InChI is InChI=1S/C27H35N7O5/c1-6-18(8-7-16(2)39-26-20(23(28)35)11-17-12-29-33(5)24(17)32-26)31-25(36)21-13-30-34-14-19(9-10-22(21)34)38-15-27(3,4)37/h9-14,16,18,37H,6-8,15H2,1-5H3,(H2,28,35)(H,31,36)/t16-,18-/m0/s1. The predicted octanol–water partition coefficient (Wildman–Crippen LogP) is 2.62. The van der Waals surface area contributed by atoms with Gasteiger partial charge in [-0.15, -0.1) is 0 Å². The Morgan fingerprint density at radius 2 is 1.95 bits per heavy atom. The third-order valence-corrected chi connectivity index (χ3v) is 6.33. The van der Waals surface area contributed by atoms with Crippen LogP contribution in [0.3, 0.4) is 0 Å². The Hall–Kier alpha value is -4.19. The number of ether oxygens (including phenoxy) is 2. The third kappa shape index (κ3) is 6.63. The van der Waals surface area contributed by atoms with E-state index in [0.717, 1.165) is 6.42 Å². The molecule has 12 nitrogen and oxygen atoms in total. The van der Waals surface area contributed by atoms with Gasteiger partial charge >= 0.3 is 0 Å². The molecule has 0 aliphatic rings. The third-order valence-electron chi connectivity index (χ3n) is 6.33. The van der Waals surface area contributed by atoms with Crippen LogP contribution >= 0.6 is 0 Å². The number of nitrogens with one attached hydrogen (secondary N) is 1. The van der Waals surface area contributed by atoms with Crippen molar-refractivity contribution in [1.82, 2.24) is 29.7 Å². The fourth-order valence-electron chi connectivity index (χ4n) is 4.14. The number of primary amides is 1. The molecule has 208 valence electrons. The highest BCUT2D eigenvalue weighted by Gasteiger charge is 2.21. The Morgan fingerprint density at radius 1 is 1.18 bits per heavy atom. The van der Waals surface area contributed by atoms with Gasteiger partial charge in [-0.2, -0.15) is 15.2 Å². The van der Waals surface area contributed by atoms with Crippen LogP contribution in [0.25, 0.3) is 16.6 Å². The molecule has 0 radical (unpaired) electrons. The van der Waals surface area contributed by atoms with E-state index in [9.17, 15) is 14.7 Å². The lowest BCUT2D eigenvalue weighted by Crippen LogP contribution is -2.35. The van der Waals surface area contributed by atoms with Crippen molar-refractivity contribution in [3.63, 3.8) is 0 Å². The van der Waals surface area contributed by atoms with Crippen molar-refractivity contribution in [3.8, 4) is 11.6 Å². The summed E-state index contributed by atoms with van der Waals surface area (Å²) in [6.07, 6.45) is 6.51. The number of hydrogen-bond acceptors (Lipinski definition) is 8. The Labute approximate surface area is 226 Å². The van der Waals surface area contributed by atoms with Crippen LogP contribution in [0.2, 0.25) is 0 Å². The molecule has 4 aromatic heterocycles. The minimum Gasteiger partial charge on any atom is -0.489 e. The first-order valence-corrected chi connectivity index (χ1v) is 12.9. The number of hydrogen-bond donors (Lipinski definition) is 3. The molecule has 4 aromatic rings. The van der Waals surface area contributed by atoms with E-state index in [-0.39, 0.29) is 36.1 Å². The van der Waals surface area contributed by atoms with E-state index in [2.05, 4.69) is 20.5 Å². The molecule has 4 N–H and O–H groups in total. The zero-order valence-electron chi connectivity index (χ0n) is 22.8. The van der Waals surface area contributed by atoms with Crippen molar-refractivity contribution in [2.45, 2.75) is 64.7 Å². The van der Waals surface area contributed by atoms with Crippen LogP contribution in [0.5, 0.6) is 11.6 Å². The summed E-state index contributed by atoms with van der Waals surface area (Å²) < 4.78 is 14.8. The zero-order valence-corrected chi connectivity index (χ0v) is 22.8. The maximum Gasteiger partial charge on any atom is 0.255 e. The summed E-state index contributed by atoms with van der Waals surface area (Å²) >= 11 is 0. The molecule has 2 atom stereocenters. The lowest BCUT2D eigenvalue weighted by atomic mass is 10.1. The minimum atomic E-state index is -0.963. The highest BCUT2D eigenvalue weighted by Crippen LogP contribution is 2.24. The van der Waals surface area contributed by atoms with Crippen molar-refractivity contribution in [3.05, 3.63) is 47.9 Å². The van der Waals surface area contributed by atoms with Crippen LogP contribution < -0.4 is 20.5 Å². The zero-order chi connectivity index (χ0) is 28.3. The summed E-state index contributed by atoms with van der Waals surface area (Å²) in [6, 6.07) is 5.04. The fourth-order valence-corrected chi connectivity index (χ4v) is 4.14. The van der Waals surface area contributed by atoms with Crippen LogP contribution in [0.4, 0.5) is 0 Å². The molecule has 0 saturated carbocycles.